The number of aromatic hydroxyl groups is 1. The highest BCUT2D eigenvalue weighted by Gasteiger charge is 2.18. The molecule has 2 aromatic carbocycles. The number of nitrogens with two attached hydrogens (primary N) is 1. The molecule has 0 spiro atoms. The molecule has 3 aromatic rings. The Bertz CT molecular complexity index is 947. The van der Waals surface area contributed by atoms with Crippen LogP contribution >= 0.6 is 0 Å². The Labute approximate surface area is 160 Å². The van der Waals surface area contributed by atoms with Crippen LogP contribution < -0.4 is 11.1 Å². The van der Waals surface area contributed by atoms with Crippen LogP contribution in [0.15, 0.2) is 42.5 Å². The summed E-state index contributed by atoms with van der Waals surface area (Å²) in [6, 6.07) is 13.6. The lowest BCUT2D eigenvalue weighted by Crippen LogP contribution is -2.28. The Morgan fingerprint density at radius 3 is 2.56 bits per heavy atom. The second-order valence-electron chi connectivity index (χ2n) is 7.94. The molecule has 0 aliphatic carbocycles. The highest BCUT2D eigenvalue weighted by molar-refractivity contribution is 5.91. The number of anilines is 1. The highest BCUT2D eigenvalue weighted by atomic mass is 16.3. The van der Waals surface area contributed by atoms with Crippen molar-refractivity contribution in [2.75, 3.05) is 11.9 Å². The Morgan fingerprint density at radius 1 is 1.11 bits per heavy atom. The summed E-state index contributed by atoms with van der Waals surface area (Å²) in [5.74, 6) is 1.42. The maximum atomic E-state index is 10.5. The lowest BCUT2D eigenvalue weighted by molar-refractivity contribution is 0.475. The number of rotatable bonds is 5. The molecule has 1 atom stereocenters. The monoisotopic (exact) mass is 364 g/mol. The molecular formula is C22H28N4O. The number of hydrogen-bond acceptors (Lipinski definition) is 5. The highest BCUT2D eigenvalue weighted by Crippen LogP contribution is 2.34. The zero-order valence-electron chi connectivity index (χ0n) is 16.5. The van der Waals surface area contributed by atoms with Gasteiger partial charge in [0.25, 0.3) is 0 Å². The molecule has 1 unspecified atom stereocenters. The van der Waals surface area contributed by atoms with E-state index in [1.165, 1.54) is 0 Å². The Morgan fingerprint density at radius 2 is 1.85 bits per heavy atom. The van der Waals surface area contributed by atoms with Crippen LogP contribution in [0, 0.1) is 0 Å². The van der Waals surface area contributed by atoms with Crippen molar-refractivity contribution in [3.05, 3.63) is 48.0 Å². The van der Waals surface area contributed by atoms with Gasteiger partial charge in [-0.25, -0.2) is 9.97 Å². The first kappa shape index (κ1) is 19.1. The van der Waals surface area contributed by atoms with Gasteiger partial charge in [-0.05, 0) is 41.7 Å². The summed E-state index contributed by atoms with van der Waals surface area (Å²) < 4.78 is 0. The number of fused-ring (bicyclic) bond motifs is 1. The minimum Gasteiger partial charge on any atom is -0.507 e. The molecule has 1 heterocycles. The molecular weight excluding hydrogens is 336 g/mol. The van der Waals surface area contributed by atoms with Gasteiger partial charge in [-0.1, -0.05) is 45.9 Å². The van der Waals surface area contributed by atoms with Crippen molar-refractivity contribution in [1.82, 2.24) is 9.97 Å². The van der Waals surface area contributed by atoms with Crippen LogP contribution in [-0.2, 0) is 5.41 Å². The quantitative estimate of drug-likeness (QED) is 0.623. The zero-order chi connectivity index (χ0) is 19.6. The first-order valence-corrected chi connectivity index (χ1v) is 9.39. The van der Waals surface area contributed by atoms with Crippen molar-refractivity contribution in [1.29, 1.82) is 0 Å². The normalized spacial score (nSPS) is 12.9. The van der Waals surface area contributed by atoms with Crippen molar-refractivity contribution < 1.29 is 5.11 Å². The van der Waals surface area contributed by atoms with E-state index in [-0.39, 0.29) is 17.2 Å². The molecule has 27 heavy (non-hydrogen) atoms. The predicted molar refractivity (Wildman–Crippen MR) is 112 cm³/mol. The van der Waals surface area contributed by atoms with Gasteiger partial charge in [-0.2, -0.15) is 0 Å². The largest absolute Gasteiger partial charge is 0.507 e. The van der Waals surface area contributed by atoms with Gasteiger partial charge in [0, 0.05) is 18.0 Å². The van der Waals surface area contributed by atoms with Crippen molar-refractivity contribution in [3.8, 4) is 17.1 Å². The maximum Gasteiger partial charge on any atom is 0.165 e. The molecule has 142 valence electrons. The van der Waals surface area contributed by atoms with Crippen LogP contribution in [0.2, 0.25) is 0 Å². The van der Waals surface area contributed by atoms with Gasteiger partial charge in [0.05, 0.1) is 11.1 Å². The van der Waals surface area contributed by atoms with Gasteiger partial charge in [0.1, 0.15) is 11.6 Å². The summed E-state index contributed by atoms with van der Waals surface area (Å²) in [5, 5.41) is 14.7. The van der Waals surface area contributed by atoms with E-state index in [9.17, 15) is 5.11 Å². The molecule has 0 radical (unpaired) electrons. The average molecular weight is 364 g/mol. The third-order valence-corrected chi connectivity index (χ3v) is 4.76. The third kappa shape index (κ3) is 4.19. The van der Waals surface area contributed by atoms with Crippen LogP contribution in [0.1, 0.15) is 39.7 Å². The molecule has 0 bridgehead atoms. The second-order valence-corrected chi connectivity index (χ2v) is 7.94. The molecule has 0 amide bonds. The molecule has 3 rings (SSSR count). The first-order valence-electron chi connectivity index (χ1n) is 9.39. The van der Waals surface area contributed by atoms with Crippen molar-refractivity contribution in [2.24, 2.45) is 5.73 Å². The van der Waals surface area contributed by atoms with Crippen LogP contribution in [0.5, 0.6) is 5.75 Å². The Balaban J connectivity index is 2.12. The number of phenolic OH excluding ortho intramolecular Hbond substituents is 1. The van der Waals surface area contributed by atoms with Gasteiger partial charge in [-0.3, -0.25) is 0 Å². The van der Waals surface area contributed by atoms with E-state index >= 15 is 0 Å². The van der Waals surface area contributed by atoms with E-state index in [2.05, 4.69) is 33.0 Å². The van der Waals surface area contributed by atoms with Crippen molar-refractivity contribution in [3.63, 3.8) is 0 Å². The number of phenols is 1. The molecule has 5 nitrogen and oxygen atoms in total. The molecule has 0 aliphatic heterocycles. The molecule has 5 heteroatoms. The van der Waals surface area contributed by atoms with Gasteiger partial charge in [0.2, 0.25) is 0 Å². The van der Waals surface area contributed by atoms with Gasteiger partial charge >= 0.3 is 0 Å². The fourth-order valence-corrected chi connectivity index (χ4v) is 2.89. The van der Waals surface area contributed by atoms with E-state index < -0.39 is 0 Å². The molecule has 0 saturated heterocycles. The number of benzene rings is 2. The standard InChI is InChI=1S/C22H28N4O/c1-5-15(23)13-24-20-16-8-6-7-9-18(16)25-21(26-20)17-12-14(22(2,3)4)10-11-19(17)27/h6-12,15,27H,5,13,23H2,1-4H3,(H,24,25,26). The Kier molecular flexibility index (Phi) is 5.33. The molecule has 0 saturated carbocycles. The summed E-state index contributed by atoms with van der Waals surface area (Å²) in [6.07, 6.45) is 0.886. The fraction of sp³-hybridized carbons (Fsp3) is 0.364. The van der Waals surface area contributed by atoms with Crippen LogP contribution in [0.25, 0.3) is 22.3 Å². The molecule has 0 aliphatic rings. The minimum absolute atomic E-state index is 0.0335. The molecule has 4 N–H and O–H groups in total. The summed E-state index contributed by atoms with van der Waals surface area (Å²) >= 11 is 0. The topological polar surface area (TPSA) is 84.1 Å². The number of nitrogens with zero attached hydrogens (tertiary/aromatic N) is 2. The molecule has 0 fully saturated rings. The first-order chi connectivity index (χ1) is 12.8. The smallest absolute Gasteiger partial charge is 0.165 e. The van der Waals surface area contributed by atoms with Crippen LogP contribution in [-0.4, -0.2) is 27.7 Å². The molecule has 1 aromatic heterocycles. The van der Waals surface area contributed by atoms with E-state index in [1.54, 1.807) is 6.07 Å². The third-order valence-electron chi connectivity index (χ3n) is 4.76. The Hall–Kier alpha value is -2.66. The average Bonchev–Trinajstić information content (AvgIpc) is 2.65. The fourth-order valence-electron chi connectivity index (χ4n) is 2.89. The second kappa shape index (κ2) is 7.53. The number of aromatic nitrogens is 2. The summed E-state index contributed by atoms with van der Waals surface area (Å²) in [7, 11) is 0. The van der Waals surface area contributed by atoms with E-state index in [4.69, 9.17) is 15.7 Å². The minimum atomic E-state index is -0.0335. The number of para-hydroxylation sites is 1. The van der Waals surface area contributed by atoms with E-state index in [0.717, 1.165) is 28.7 Å². The van der Waals surface area contributed by atoms with Gasteiger partial charge in [0.15, 0.2) is 5.82 Å². The van der Waals surface area contributed by atoms with Crippen molar-refractivity contribution >= 4 is 16.7 Å². The summed E-state index contributed by atoms with van der Waals surface area (Å²) in [6.45, 7) is 9.12. The lowest BCUT2D eigenvalue weighted by atomic mass is 9.86. The number of nitrogens with one attached hydrogen (secondary N) is 1. The summed E-state index contributed by atoms with van der Waals surface area (Å²) in [4.78, 5) is 9.42. The SMILES string of the molecule is CCC(N)CNc1nc(-c2cc(C(C)(C)C)ccc2O)nc2ccccc12. The lowest BCUT2D eigenvalue weighted by Gasteiger charge is -2.20. The van der Waals surface area contributed by atoms with Gasteiger partial charge in [-0.15, -0.1) is 0 Å². The number of hydrogen-bond donors (Lipinski definition) is 3. The summed E-state index contributed by atoms with van der Waals surface area (Å²) in [5.41, 5.74) is 8.61. The van der Waals surface area contributed by atoms with Crippen molar-refractivity contribution in [2.45, 2.75) is 45.6 Å². The van der Waals surface area contributed by atoms with Gasteiger partial charge < -0.3 is 16.2 Å². The van der Waals surface area contributed by atoms with Crippen LogP contribution in [0.4, 0.5) is 5.82 Å². The van der Waals surface area contributed by atoms with E-state index in [0.29, 0.717) is 17.9 Å². The zero-order valence-corrected chi connectivity index (χ0v) is 16.5. The van der Waals surface area contributed by atoms with E-state index in [1.807, 2.05) is 36.4 Å². The maximum absolute atomic E-state index is 10.5. The predicted octanol–water partition coefficient (Wildman–Crippen LogP) is 4.45. The van der Waals surface area contributed by atoms with Crippen LogP contribution in [0.3, 0.4) is 0 Å².